The summed E-state index contributed by atoms with van der Waals surface area (Å²) >= 11 is 0. The van der Waals surface area contributed by atoms with Crippen LogP contribution in [0.25, 0.3) is 0 Å². The molecule has 2 fully saturated rings. The molecular weight excluding hydrogens is 614 g/mol. The van der Waals surface area contributed by atoms with Gasteiger partial charge >= 0.3 is 17.9 Å². The minimum Gasteiger partial charge on any atom is -0.433 e. The number of aryl methyl sites for hydroxylation is 2. The SMILES string of the molecule is CC(F)(F)Oc1cccc(CNC=O)c1.Cc1cn(CC(F)CCn2ccc(NC(=O)C(=O)N3CC4(CCC4)C3)c(F)c2=O)nn1. The lowest BCUT2D eigenvalue weighted by Gasteiger charge is -2.55. The Morgan fingerprint density at radius 2 is 1.96 bits per heavy atom. The number of ether oxygens (including phenoxy) is 1. The highest BCUT2D eigenvalue weighted by Crippen LogP contribution is 2.48. The van der Waals surface area contributed by atoms with Gasteiger partial charge in [-0.1, -0.05) is 23.8 Å². The van der Waals surface area contributed by atoms with Gasteiger partial charge in [0.1, 0.15) is 11.9 Å². The van der Waals surface area contributed by atoms with Crippen LogP contribution in [0, 0.1) is 18.2 Å². The Morgan fingerprint density at radius 3 is 2.57 bits per heavy atom. The quantitative estimate of drug-likeness (QED) is 0.185. The fourth-order valence-electron chi connectivity index (χ4n) is 5.18. The van der Waals surface area contributed by atoms with Crippen LogP contribution in [-0.2, 0) is 34.0 Å². The highest BCUT2D eigenvalue weighted by molar-refractivity contribution is 6.39. The Labute approximate surface area is 261 Å². The Bertz CT molecular complexity index is 1590. The number of amides is 3. The van der Waals surface area contributed by atoms with Crippen molar-refractivity contribution in [2.24, 2.45) is 5.41 Å². The lowest BCUT2D eigenvalue weighted by Crippen LogP contribution is -2.63. The molecule has 0 radical (unpaired) electrons. The minimum atomic E-state index is -3.20. The number of nitrogens with zero attached hydrogens (tertiary/aromatic N) is 5. The first-order chi connectivity index (χ1) is 21.8. The first-order valence-corrected chi connectivity index (χ1v) is 14.6. The molecule has 5 rings (SSSR count). The van der Waals surface area contributed by atoms with E-state index in [0.717, 1.165) is 23.8 Å². The number of hydrogen-bond donors (Lipinski definition) is 2. The maximum absolute atomic E-state index is 14.5. The number of carbonyl (C=O) groups excluding carboxylic acids is 3. The number of likely N-dealkylation sites (tertiary alicyclic amines) is 1. The van der Waals surface area contributed by atoms with Crippen LogP contribution in [0.1, 0.15) is 43.9 Å². The van der Waals surface area contributed by atoms with Crippen LogP contribution in [-0.4, -0.2) is 68.1 Å². The summed E-state index contributed by atoms with van der Waals surface area (Å²) in [6.07, 6.45) is 2.14. The van der Waals surface area contributed by atoms with E-state index in [9.17, 15) is 36.7 Å². The van der Waals surface area contributed by atoms with Crippen LogP contribution in [0.4, 0.5) is 23.2 Å². The van der Waals surface area contributed by atoms with E-state index in [-0.39, 0.29) is 42.9 Å². The molecule has 3 amide bonds. The Balaban J connectivity index is 0.000000270. The van der Waals surface area contributed by atoms with Crippen molar-refractivity contribution >= 4 is 23.9 Å². The van der Waals surface area contributed by atoms with Crippen molar-refractivity contribution in [3.8, 4) is 5.75 Å². The van der Waals surface area contributed by atoms with Crippen LogP contribution in [0.3, 0.4) is 0 Å². The zero-order chi connectivity index (χ0) is 33.5. The molecule has 2 aromatic heterocycles. The van der Waals surface area contributed by atoms with Crippen molar-refractivity contribution in [2.75, 3.05) is 18.4 Å². The van der Waals surface area contributed by atoms with Gasteiger partial charge in [0, 0.05) is 50.9 Å². The van der Waals surface area contributed by atoms with E-state index in [4.69, 9.17) is 0 Å². The molecule has 2 N–H and O–H groups in total. The number of benzene rings is 1. The number of carbonyl (C=O) groups is 3. The van der Waals surface area contributed by atoms with Gasteiger partial charge in [-0.05, 0) is 49.9 Å². The van der Waals surface area contributed by atoms with Crippen LogP contribution < -0.4 is 20.9 Å². The topological polar surface area (TPSA) is 140 Å². The highest BCUT2D eigenvalue weighted by atomic mass is 19.3. The third kappa shape index (κ3) is 9.14. The summed E-state index contributed by atoms with van der Waals surface area (Å²) in [4.78, 5) is 48.1. The second kappa shape index (κ2) is 14.6. The van der Waals surface area contributed by atoms with Gasteiger partial charge in [0.25, 0.3) is 5.56 Å². The lowest BCUT2D eigenvalue weighted by molar-refractivity contribution is -0.159. The molecule has 46 heavy (non-hydrogen) atoms. The third-order valence-electron chi connectivity index (χ3n) is 7.61. The number of halogens is 4. The molecule has 248 valence electrons. The highest BCUT2D eigenvalue weighted by Gasteiger charge is 2.50. The molecule has 1 aliphatic heterocycles. The van der Waals surface area contributed by atoms with E-state index >= 15 is 0 Å². The molecule has 3 heterocycles. The van der Waals surface area contributed by atoms with Crippen molar-refractivity contribution in [1.82, 2.24) is 29.8 Å². The Hall–Kier alpha value is -4.76. The molecule has 16 heteroatoms. The fourth-order valence-corrected chi connectivity index (χ4v) is 5.18. The second-order valence-corrected chi connectivity index (χ2v) is 11.5. The van der Waals surface area contributed by atoms with Gasteiger partial charge < -0.3 is 24.8 Å². The maximum atomic E-state index is 14.5. The number of hydrogen-bond acceptors (Lipinski definition) is 7. The van der Waals surface area contributed by atoms with Gasteiger partial charge in [-0.2, -0.15) is 13.2 Å². The number of anilines is 1. The smallest absolute Gasteiger partial charge is 0.394 e. The summed E-state index contributed by atoms with van der Waals surface area (Å²) in [5.74, 6) is -2.82. The summed E-state index contributed by atoms with van der Waals surface area (Å²) in [6, 6.07) is 7.37. The van der Waals surface area contributed by atoms with Crippen LogP contribution in [0.5, 0.6) is 5.75 Å². The third-order valence-corrected chi connectivity index (χ3v) is 7.61. The van der Waals surface area contributed by atoms with Gasteiger partial charge in [-0.15, -0.1) is 5.10 Å². The summed E-state index contributed by atoms with van der Waals surface area (Å²) in [7, 11) is 0. The van der Waals surface area contributed by atoms with Crippen molar-refractivity contribution in [3.05, 3.63) is 70.2 Å². The summed E-state index contributed by atoms with van der Waals surface area (Å²) in [5.41, 5.74) is 0.171. The molecule has 12 nitrogen and oxygen atoms in total. The van der Waals surface area contributed by atoms with Gasteiger partial charge in [0.15, 0.2) is 0 Å². The molecule has 1 aliphatic carbocycles. The largest absolute Gasteiger partial charge is 0.433 e. The predicted octanol–water partition coefficient (Wildman–Crippen LogP) is 3.19. The number of rotatable bonds is 11. The van der Waals surface area contributed by atoms with Crippen molar-refractivity contribution in [3.63, 3.8) is 0 Å². The van der Waals surface area contributed by atoms with E-state index in [1.54, 1.807) is 25.3 Å². The zero-order valence-corrected chi connectivity index (χ0v) is 25.3. The molecule has 1 atom stereocenters. The zero-order valence-electron chi connectivity index (χ0n) is 25.3. The van der Waals surface area contributed by atoms with Crippen molar-refractivity contribution < 1.29 is 36.7 Å². The molecule has 2 aliphatic rings. The first-order valence-electron chi connectivity index (χ1n) is 14.6. The fraction of sp³-hybridized carbons (Fsp3) is 0.467. The van der Waals surface area contributed by atoms with Gasteiger partial charge in [-0.3, -0.25) is 19.2 Å². The molecule has 1 saturated heterocycles. The van der Waals surface area contributed by atoms with Crippen LogP contribution >= 0.6 is 0 Å². The Morgan fingerprint density at radius 1 is 1.22 bits per heavy atom. The normalized spacial score (nSPS) is 15.5. The maximum Gasteiger partial charge on any atom is 0.394 e. The average molecular weight is 650 g/mol. The van der Waals surface area contributed by atoms with Gasteiger partial charge in [0.05, 0.1) is 17.9 Å². The van der Waals surface area contributed by atoms with Crippen LogP contribution in [0.15, 0.2) is 47.5 Å². The number of alkyl halides is 3. The van der Waals surface area contributed by atoms with E-state index < -0.39 is 35.5 Å². The number of nitrogens with one attached hydrogen (secondary N) is 2. The molecule has 1 unspecified atom stereocenters. The predicted molar refractivity (Wildman–Crippen MR) is 157 cm³/mol. The molecule has 1 aromatic carbocycles. The molecule has 0 bridgehead atoms. The van der Waals surface area contributed by atoms with Gasteiger partial charge in [-0.25, -0.2) is 9.07 Å². The number of aromatic nitrogens is 4. The van der Waals surface area contributed by atoms with Crippen molar-refractivity contribution in [2.45, 2.75) is 71.4 Å². The van der Waals surface area contributed by atoms with E-state index in [1.165, 1.54) is 34.0 Å². The van der Waals surface area contributed by atoms with E-state index in [0.29, 0.717) is 37.7 Å². The van der Waals surface area contributed by atoms with Gasteiger partial charge in [0.2, 0.25) is 12.2 Å². The lowest BCUT2D eigenvalue weighted by atomic mass is 9.63. The summed E-state index contributed by atoms with van der Waals surface area (Å²) < 4.78 is 60.4. The minimum absolute atomic E-state index is 0.0217. The molecule has 1 saturated carbocycles. The standard InChI is InChI=1S/C20H24F2N6O3.C10H11F2NO2/c1-13-9-28(25-24-13)10-14(21)3-7-26-8-4-15(16(22)18(26)30)23-17(29)19(31)27-11-20(12-27)5-2-6-20;1-10(11,12)15-9-4-2-3-8(5-9)6-13-7-14/h4,8-9,14H,2-3,5-7,10-12H2,1H3,(H,23,29);2-5,7H,6H2,1H3,(H,13,14). The van der Waals surface area contributed by atoms with Crippen molar-refractivity contribution in [1.29, 1.82) is 0 Å². The Kier molecular flexibility index (Phi) is 10.8. The summed E-state index contributed by atoms with van der Waals surface area (Å²) in [6.45, 7) is 3.71. The van der Waals surface area contributed by atoms with E-state index in [1.807, 2.05) is 0 Å². The molecule has 3 aromatic rings. The number of pyridine rings is 1. The average Bonchev–Trinajstić information content (AvgIpc) is 3.36. The van der Waals surface area contributed by atoms with E-state index in [2.05, 4.69) is 25.7 Å². The summed E-state index contributed by atoms with van der Waals surface area (Å²) in [5, 5.41) is 12.1. The molecule has 1 spiro atoms. The monoisotopic (exact) mass is 649 g/mol. The molecular formula is C30H35F4N7O5. The second-order valence-electron chi connectivity index (χ2n) is 11.5. The van der Waals surface area contributed by atoms with Crippen LogP contribution in [0.2, 0.25) is 0 Å². The first kappa shape index (κ1) is 34.1.